The standard InChI is InChI=1S/C24H26ClFO3.CH4.H2S/c1-23(2,3)29-22(27)16-6-9-20-15(13-16)10-12-24(14-28-20)11-4-5-17-18(24)7-8-19(25)21(17)26;;/h6-9,13H,4-5,10-12,14H2,1-3H3;1H4;1H2/t24-;;/m0../s1. The van der Waals surface area contributed by atoms with Crippen LogP contribution in [-0.2, 0) is 23.0 Å². The highest BCUT2D eigenvalue weighted by Crippen LogP contribution is 2.45. The van der Waals surface area contributed by atoms with Crippen LogP contribution in [0.5, 0.6) is 5.75 Å². The maximum absolute atomic E-state index is 14.6. The average Bonchev–Trinajstić information content (AvgIpc) is 2.84. The van der Waals surface area contributed by atoms with E-state index in [9.17, 15) is 9.18 Å². The fourth-order valence-corrected chi connectivity index (χ4v) is 4.70. The largest absolute Gasteiger partial charge is 0.492 e. The maximum Gasteiger partial charge on any atom is 0.338 e. The molecule has 1 aliphatic heterocycles. The molecule has 3 nitrogen and oxygen atoms in total. The Morgan fingerprint density at radius 3 is 2.61 bits per heavy atom. The molecule has 1 heterocycles. The molecule has 0 saturated heterocycles. The Bertz CT molecular complexity index is 970. The van der Waals surface area contributed by atoms with Crippen molar-refractivity contribution in [1.82, 2.24) is 0 Å². The Kier molecular flexibility index (Phi) is 7.76. The van der Waals surface area contributed by atoms with Gasteiger partial charge in [0.15, 0.2) is 0 Å². The zero-order chi connectivity index (χ0) is 20.8. The smallest absolute Gasteiger partial charge is 0.338 e. The van der Waals surface area contributed by atoms with Gasteiger partial charge in [0.2, 0.25) is 0 Å². The van der Waals surface area contributed by atoms with Crippen molar-refractivity contribution in [2.24, 2.45) is 0 Å². The lowest BCUT2D eigenvalue weighted by Gasteiger charge is -2.38. The van der Waals surface area contributed by atoms with E-state index in [-0.39, 0.29) is 43.1 Å². The first-order chi connectivity index (χ1) is 13.7. The van der Waals surface area contributed by atoms with E-state index in [1.165, 1.54) is 0 Å². The summed E-state index contributed by atoms with van der Waals surface area (Å²) in [6.45, 7) is 6.06. The SMILES string of the molecule is C.CC(C)(C)OC(=O)c1ccc2c(c1)CC[C@@]1(CCCc3c1ccc(Cl)c3F)CO2.S. The Balaban J connectivity index is 0.00000171. The molecule has 1 spiro atoms. The first kappa shape index (κ1) is 25.5. The van der Waals surface area contributed by atoms with E-state index in [1.54, 1.807) is 12.1 Å². The van der Waals surface area contributed by atoms with Gasteiger partial charge in [0.05, 0.1) is 17.2 Å². The van der Waals surface area contributed by atoms with Crippen molar-refractivity contribution in [1.29, 1.82) is 0 Å². The summed E-state index contributed by atoms with van der Waals surface area (Å²) >= 11 is 6.02. The highest BCUT2D eigenvalue weighted by molar-refractivity contribution is 7.59. The number of hydrogen-bond donors (Lipinski definition) is 0. The van der Waals surface area contributed by atoms with Crippen LogP contribution in [0, 0.1) is 5.82 Å². The number of carbonyl (C=O) groups is 1. The van der Waals surface area contributed by atoms with Crippen LogP contribution in [0.15, 0.2) is 30.3 Å². The zero-order valence-corrected chi connectivity index (χ0v) is 19.4. The van der Waals surface area contributed by atoms with E-state index in [4.69, 9.17) is 21.1 Å². The van der Waals surface area contributed by atoms with E-state index in [1.807, 2.05) is 39.0 Å². The van der Waals surface area contributed by atoms with Gasteiger partial charge in [0, 0.05) is 5.41 Å². The second-order valence-corrected chi connectivity index (χ2v) is 9.54. The van der Waals surface area contributed by atoms with E-state index in [0.29, 0.717) is 18.6 Å². The molecule has 31 heavy (non-hydrogen) atoms. The maximum atomic E-state index is 14.6. The Hall–Kier alpha value is -1.72. The van der Waals surface area contributed by atoms with Crippen molar-refractivity contribution in [3.63, 3.8) is 0 Å². The molecule has 0 saturated carbocycles. The zero-order valence-electron chi connectivity index (χ0n) is 17.6. The van der Waals surface area contributed by atoms with Crippen LogP contribution in [-0.4, -0.2) is 18.2 Å². The molecule has 6 heteroatoms. The molecule has 0 amide bonds. The number of hydrogen-bond acceptors (Lipinski definition) is 3. The molecule has 2 aromatic rings. The van der Waals surface area contributed by atoms with Crippen LogP contribution in [0.2, 0.25) is 5.02 Å². The predicted molar refractivity (Wildman–Crippen MR) is 129 cm³/mol. The fraction of sp³-hybridized carbons (Fsp3) is 0.480. The van der Waals surface area contributed by atoms with Gasteiger partial charge >= 0.3 is 5.97 Å². The number of aryl methyl sites for hydroxylation is 1. The summed E-state index contributed by atoms with van der Waals surface area (Å²) in [6.07, 6.45) is 4.17. The van der Waals surface area contributed by atoms with Gasteiger partial charge in [0.25, 0.3) is 0 Å². The summed E-state index contributed by atoms with van der Waals surface area (Å²) in [6, 6.07) is 9.08. The summed E-state index contributed by atoms with van der Waals surface area (Å²) in [5.41, 5.74) is 2.50. The van der Waals surface area contributed by atoms with Gasteiger partial charge in [-0.05, 0) is 93.8 Å². The van der Waals surface area contributed by atoms with Gasteiger partial charge in [-0.3, -0.25) is 0 Å². The monoisotopic (exact) mass is 466 g/mol. The van der Waals surface area contributed by atoms with Crippen LogP contribution in [0.1, 0.15) is 74.5 Å². The molecule has 0 N–H and O–H groups in total. The highest BCUT2D eigenvalue weighted by Gasteiger charge is 2.40. The topological polar surface area (TPSA) is 35.5 Å². The summed E-state index contributed by atoms with van der Waals surface area (Å²) in [4.78, 5) is 12.4. The summed E-state index contributed by atoms with van der Waals surface area (Å²) in [7, 11) is 0. The molecule has 4 rings (SSSR count). The number of halogens is 2. The first-order valence-electron chi connectivity index (χ1n) is 10.1. The van der Waals surface area contributed by atoms with Crippen molar-refractivity contribution in [2.75, 3.05) is 6.61 Å². The van der Waals surface area contributed by atoms with Gasteiger partial charge in [-0.25, -0.2) is 9.18 Å². The van der Waals surface area contributed by atoms with Crippen LogP contribution in [0.4, 0.5) is 4.39 Å². The normalized spacial score (nSPS) is 19.6. The van der Waals surface area contributed by atoms with Gasteiger partial charge in [-0.2, -0.15) is 13.5 Å². The Morgan fingerprint density at radius 2 is 1.90 bits per heavy atom. The van der Waals surface area contributed by atoms with Crippen molar-refractivity contribution < 1.29 is 18.7 Å². The summed E-state index contributed by atoms with van der Waals surface area (Å²) in [5, 5.41) is 0.181. The Labute approximate surface area is 196 Å². The molecule has 2 aliphatic rings. The van der Waals surface area contributed by atoms with Crippen LogP contribution in [0.3, 0.4) is 0 Å². The first-order valence-corrected chi connectivity index (χ1v) is 10.5. The van der Waals surface area contributed by atoms with Gasteiger partial charge in [-0.15, -0.1) is 0 Å². The summed E-state index contributed by atoms with van der Waals surface area (Å²) in [5.74, 6) is 0.159. The molecule has 0 radical (unpaired) electrons. The van der Waals surface area contributed by atoms with Crippen LogP contribution >= 0.6 is 25.1 Å². The predicted octanol–water partition coefficient (Wildman–Crippen LogP) is 6.78. The van der Waals surface area contributed by atoms with Gasteiger partial charge in [-0.1, -0.05) is 25.1 Å². The third-order valence-electron chi connectivity index (χ3n) is 5.92. The van der Waals surface area contributed by atoms with Crippen molar-refractivity contribution in [3.05, 3.63) is 63.4 Å². The third kappa shape index (κ3) is 5.04. The lowest BCUT2D eigenvalue weighted by molar-refractivity contribution is 0.00694. The van der Waals surface area contributed by atoms with E-state index >= 15 is 0 Å². The lowest BCUT2D eigenvalue weighted by Crippen LogP contribution is -2.37. The lowest BCUT2D eigenvalue weighted by atomic mass is 9.67. The Morgan fingerprint density at radius 1 is 1.16 bits per heavy atom. The van der Waals surface area contributed by atoms with Gasteiger partial charge in [0.1, 0.15) is 17.2 Å². The molecule has 0 bridgehead atoms. The molecule has 0 aromatic heterocycles. The molecule has 1 atom stereocenters. The molecule has 170 valence electrons. The van der Waals surface area contributed by atoms with Crippen LogP contribution in [0.25, 0.3) is 0 Å². The molecule has 0 fully saturated rings. The van der Waals surface area contributed by atoms with E-state index in [0.717, 1.165) is 48.1 Å². The molecule has 0 unspecified atom stereocenters. The highest BCUT2D eigenvalue weighted by atomic mass is 35.5. The fourth-order valence-electron chi connectivity index (χ4n) is 4.52. The van der Waals surface area contributed by atoms with Crippen LogP contribution < -0.4 is 4.74 Å². The number of rotatable bonds is 1. The number of fused-ring (bicyclic) bond motifs is 3. The third-order valence-corrected chi connectivity index (χ3v) is 6.21. The molecule has 1 aliphatic carbocycles. The number of carbonyl (C=O) groups excluding carboxylic acids is 1. The molecule has 2 aromatic carbocycles. The molecular formula is C25H32ClFO3S. The quantitative estimate of drug-likeness (QED) is 0.434. The number of benzene rings is 2. The number of ether oxygens (including phenoxy) is 2. The van der Waals surface area contributed by atoms with Crippen molar-refractivity contribution in [3.8, 4) is 5.75 Å². The van der Waals surface area contributed by atoms with Crippen molar-refractivity contribution >= 4 is 31.1 Å². The van der Waals surface area contributed by atoms with Gasteiger partial charge < -0.3 is 9.47 Å². The minimum absolute atomic E-state index is 0. The minimum Gasteiger partial charge on any atom is -0.492 e. The minimum atomic E-state index is -0.540. The average molecular weight is 467 g/mol. The van der Waals surface area contributed by atoms with Crippen molar-refractivity contribution in [2.45, 2.75) is 71.3 Å². The second-order valence-electron chi connectivity index (χ2n) is 9.13. The molecular weight excluding hydrogens is 435 g/mol. The second kappa shape index (κ2) is 9.41. The van der Waals surface area contributed by atoms with E-state index < -0.39 is 5.60 Å². The summed E-state index contributed by atoms with van der Waals surface area (Å²) < 4.78 is 26.3. The van der Waals surface area contributed by atoms with E-state index in [2.05, 4.69) is 0 Å². The number of esters is 1.